The van der Waals surface area contributed by atoms with Gasteiger partial charge in [0.05, 0.1) is 6.10 Å². The molecule has 0 aliphatic heterocycles. The summed E-state index contributed by atoms with van der Waals surface area (Å²) in [7, 11) is 0. The Labute approximate surface area is 61.8 Å². The molecule has 0 spiro atoms. The number of aliphatic hydroxyl groups excluding tert-OH is 1. The van der Waals surface area contributed by atoms with Crippen molar-refractivity contribution < 1.29 is 5.11 Å². The van der Waals surface area contributed by atoms with Crippen molar-refractivity contribution in [2.45, 2.75) is 38.0 Å². The Kier molecular flexibility index (Phi) is 3.59. The number of rotatable bonds is 3. The molecule has 2 heteroatoms. The van der Waals surface area contributed by atoms with Gasteiger partial charge < -0.3 is 5.11 Å². The molecule has 56 valence electrons. The Balaban J connectivity index is 3.58. The molecular weight excluding hydrogens is 132 g/mol. The molecule has 0 aromatic rings. The summed E-state index contributed by atoms with van der Waals surface area (Å²) in [6.07, 6.45) is 2.77. The Morgan fingerprint density at radius 2 is 2.00 bits per heavy atom. The van der Waals surface area contributed by atoms with Gasteiger partial charge in [-0.1, -0.05) is 13.8 Å². The molecule has 0 aromatic heterocycles. The second-order valence-electron chi connectivity index (χ2n) is 3.02. The van der Waals surface area contributed by atoms with Crippen LogP contribution in [0.2, 0.25) is 0 Å². The summed E-state index contributed by atoms with van der Waals surface area (Å²) in [6, 6.07) is 0. The Morgan fingerprint density at radius 3 is 2.11 bits per heavy atom. The normalized spacial score (nSPS) is 15.7. The maximum absolute atomic E-state index is 9.01. The molecule has 0 aliphatic rings. The lowest BCUT2D eigenvalue weighted by Crippen LogP contribution is -2.20. The van der Waals surface area contributed by atoms with Gasteiger partial charge in [-0.3, -0.25) is 0 Å². The molecule has 0 aliphatic carbocycles. The molecule has 0 amide bonds. The summed E-state index contributed by atoms with van der Waals surface area (Å²) >= 11 is 1.80. The van der Waals surface area contributed by atoms with Gasteiger partial charge in [-0.25, -0.2) is 0 Å². The molecule has 0 rings (SSSR count). The van der Waals surface area contributed by atoms with Crippen LogP contribution in [0, 0.1) is 0 Å². The van der Waals surface area contributed by atoms with E-state index in [0.717, 1.165) is 6.42 Å². The van der Waals surface area contributed by atoms with E-state index in [9.17, 15) is 0 Å². The van der Waals surface area contributed by atoms with Crippen LogP contribution in [0.1, 0.15) is 27.2 Å². The molecule has 1 atom stereocenters. The molecular formula is C7H16OS. The summed E-state index contributed by atoms with van der Waals surface area (Å²) < 4.78 is 0.230. The highest BCUT2D eigenvalue weighted by Crippen LogP contribution is 2.26. The zero-order chi connectivity index (χ0) is 7.49. The van der Waals surface area contributed by atoms with Crippen LogP contribution in [0.5, 0.6) is 0 Å². The Morgan fingerprint density at radius 1 is 1.56 bits per heavy atom. The zero-order valence-corrected chi connectivity index (χ0v) is 7.46. The first-order chi connectivity index (χ1) is 3.98. The van der Waals surface area contributed by atoms with Gasteiger partial charge in [0.25, 0.3) is 0 Å². The van der Waals surface area contributed by atoms with E-state index in [4.69, 9.17) is 5.11 Å². The summed E-state index contributed by atoms with van der Waals surface area (Å²) in [5.41, 5.74) is 0. The SMILES string of the molecule is CSC(C)(C)CC(C)O. The topological polar surface area (TPSA) is 20.2 Å². The molecule has 0 bridgehead atoms. The fraction of sp³-hybridized carbons (Fsp3) is 1.00. The maximum atomic E-state index is 9.01. The lowest BCUT2D eigenvalue weighted by atomic mass is 10.1. The van der Waals surface area contributed by atoms with Crippen molar-refractivity contribution in [2.24, 2.45) is 0 Å². The van der Waals surface area contributed by atoms with E-state index in [1.807, 2.05) is 6.92 Å². The van der Waals surface area contributed by atoms with E-state index in [1.165, 1.54) is 0 Å². The Hall–Kier alpha value is 0.310. The average molecular weight is 148 g/mol. The number of thioether (sulfide) groups is 1. The van der Waals surface area contributed by atoms with Crippen LogP contribution in [0.25, 0.3) is 0 Å². The molecule has 0 saturated heterocycles. The van der Waals surface area contributed by atoms with Gasteiger partial charge in [0.2, 0.25) is 0 Å². The van der Waals surface area contributed by atoms with Crippen LogP contribution in [-0.2, 0) is 0 Å². The molecule has 1 unspecified atom stereocenters. The van der Waals surface area contributed by atoms with E-state index in [2.05, 4.69) is 20.1 Å². The van der Waals surface area contributed by atoms with Gasteiger partial charge in [0, 0.05) is 4.75 Å². The average Bonchev–Trinajstić information content (AvgIpc) is 1.63. The Bertz CT molecular complexity index is 79.0. The molecule has 9 heavy (non-hydrogen) atoms. The fourth-order valence-electron chi connectivity index (χ4n) is 0.795. The van der Waals surface area contributed by atoms with Crippen molar-refractivity contribution in [3.8, 4) is 0 Å². The van der Waals surface area contributed by atoms with Gasteiger partial charge in [-0.05, 0) is 19.6 Å². The van der Waals surface area contributed by atoms with Crippen LogP contribution in [0.4, 0.5) is 0 Å². The predicted octanol–water partition coefficient (Wildman–Crippen LogP) is 1.90. The monoisotopic (exact) mass is 148 g/mol. The minimum absolute atomic E-state index is 0.174. The van der Waals surface area contributed by atoms with Gasteiger partial charge in [0.1, 0.15) is 0 Å². The highest BCUT2D eigenvalue weighted by atomic mass is 32.2. The smallest absolute Gasteiger partial charge is 0.0525 e. The quantitative estimate of drug-likeness (QED) is 0.659. The lowest BCUT2D eigenvalue weighted by Gasteiger charge is -2.22. The fourth-order valence-corrected chi connectivity index (χ4v) is 1.20. The summed E-state index contributed by atoms with van der Waals surface area (Å²) in [6.45, 7) is 6.12. The molecule has 0 saturated carbocycles. The minimum Gasteiger partial charge on any atom is -0.393 e. The first-order valence-electron chi connectivity index (χ1n) is 3.21. The molecule has 0 heterocycles. The number of aliphatic hydroxyl groups is 1. The molecule has 1 nitrogen and oxygen atoms in total. The van der Waals surface area contributed by atoms with Gasteiger partial charge in [-0.2, -0.15) is 11.8 Å². The van der Waals surface area contributed by atoms with Crippen molar-refractivity contribution in [1.82, 2.24) is 0 Å². The zero-order valence-electron chi connectivity index (χ0n) is 6.64. The third kappa shape index (κ3) is 4.79. The predicted molar refractivity (Wildman–Crippen MR) is 43.9 cm³/mol. The summed E-state index contributed by atoms with van der Waals surface area (Å²) in [4.78, 5) is 0. The molecule has 0 radical (unpaired) electrons. The van der Waals surface area contributed by atoms with E-state index in [-0.39, 0.29) is 10.9 Å². The highest BCUT2D eigenvalue weighted by Gasteiger charge is 2.17. The molecule has 0 fully saturated rings. The maximum Gasteiger partial charge on any atom is 0.0525 e. The third-order valence-electron chi connectivity index (χ3n) is 1.34. The van der Waals surface area contributed by atoms with Gasteiger partial charge in [-0.15, -0.1) is 0 Å². The van der Waals surface area contributed by atoms with Crippen LogP contribution in [-0.4, -0.2) is 22.2 Å². The number of hydrogen-bond donors (Lipinski definition) is 1. The second kappa shape index (κ2) is 3.47. The van der Waals surface area contributed by atoms with E-state index in [0.29, 0.717) is 0 Å². The third-order valence-corrected chi connectivity index (χ3v) is 2.61. The largest absolute Gasteiger partial charge is 0.393 e. The van der Waals surface area contributed by atoms with Crippen LogP contribution in [0.3, 0.4) is 0 Å². The first-order valence-corrected chi connectivity index (χ1v) is 4.43. The molecule has 1 N–H and O–H groups in total. The van der Waals surface area contributed by atoms with E-state index < -0.39 is 0 Å². The van der Waals surface area contributed by atoms with Crippen molar-refractivity contribution in [3.63, 3.8) is 0 Å². The second-order valence-corrected chi connectivity index (χ2v) is 4.53. The first kappa shape index (κ1) is 9.31. The van der Waals surface area contributed by atoms with Crippen molar-refractivity contribution in [2.75, 3.05) is 6.26 Å². The highest BCUT2D eigenvalue weighted by molar-refractivity contribution is 7.99. The summed E-state index contributed by atoms with van der Waals surface area (Å²) in [5.74, 6) is 0. The van der Waals surface area contributed by atoms with Crippen LogP contribution < -0.4 is 0 Å². The van der Waals surface area contributed by atoms with Gasteiger partial charge >= 0.3 is 0 Å². The standard InChI is InChI=1S/C7H16OS/c1-6(8)5-7(2,3)9-4/h6,8H,5H2,1-4H3. The van der Waals surface area contributed by atoms with Crippen molar-refractivity contribution in [1.29, 1.82) is 0 Å². The lowest BCUT2D eigenvalue weighted by molar-refractivity contribution is 0.174. The summed E-state index contributed by atoms with van der Waals surface area (Å²) in [5, 5.41) is 9.01. The minimum atomic E-state index is -0.174. The van der Waals surface area contributed by atoms with Crippen molar-refractivity contribution in [3.05, 3.63) is 0 Å². The van der Waals surface area contributed by atoms with Crippen LogP contribution >= 0.6 is 11.8 Å². The van der Waals surface area contributed by atoms with E-state index in [1.54, 1.807) is 11.8 Å². The van der Waals surface area contributed by atoms with Crippen LogP contribution in [0.15, 0.2) is 0 Å². The van der Waals surface area contributed by atoms with Gasteiger partial charge in [0.15, 0.2) is 0 Å². The molecule has 0 aromatic carbocycles. The number of hydrogen-bond acceptors (Lipinski definition) is 2. The van der Waals surface area contributed by atoms with E-state index >= 15 is 0 Å². The van der Waals surface area contributed by atoms with Crippen molar-refractivity contribution >= 4 is 11.8 Å².